The number of hydrogen-bond acceptors (Lipinski definition) is 2. The highest BCUT2D eigenvalue weighted by Gasteiger charge is 2.39. The monoisotopic (exact) mass is 429 g/mol. The molecule has 1 aliphatic rings. The molecule has 0 aromatic heterocycles. The van der Waals surface area contributed by atoms with Gasteiger partial charge in [-0.3, -0.25) is 0 Å². The number of nitrogens with one attached hydrogen (secondary N) is 2. The van der Waals surface area contributed by atoms with Gasteiger partial charge >= 0.3 is 12.1 Å². The Hall–Kier alpha value is -1.83. The Kier molecular flexibility index (Phi) is 6.16. The van der Waals surface area contributed by atoms with E-state index in [1.165, 1.54) is 11.0 Å². The second-order valence-corrected chi connectivity index (χ2v) is 8.64. The summed E-state index contributed by atoms with van der Waals surface area (Å²) >= 11 is 3.26. The van der Waals surface area contributed by atoms with E-state index in [1.807, 2.05) is 20.8 Å². The number of benzene rings is 1. The molecule has 2 rings (SSSR count). The van der Waals surface area contributed by atoms with E-state index >= 15 is 0 Å². The highest BCUT2D eigenvalue weighted by molar-refractivity contribution is 9.10. The largest absolute Gasteiger partial charge is 0.465 e. The Morgan fingerprint density at radius 3 is 2.54 bits per heavy atom. The van der Waals surface area contributed by atoms with Gasteiger partial charge < -0.3 is 20.6 Å². The van der Waals surface area contributed by atoms with E-state index in [4.69, 9.17) is 0 Å². The van der Waals surface area contributed by atoms with Gasteiger partial charge in [0.05, 0.1) is 5.69 Å². The Balaban J connectivity index is 2.05. The van der Waals surface area contributed by atoms with Gasteiger partial charge in [0.15, 0.2) is 0 Å². The van der Waals surface area contributed by atoms with Crippen LogP contribution in [0, 0.1) is 18.2 Å². The van der Waals surface area contributed by atoms with E-state index in [-0.39, 0.29) is 23.2 Å². The summed E-state index contributed by atoms with van der Waals surface area (Å²) in [5, 5.41) is 14.8. The summed E-state index contributed by atoms with van der Waals surface area (Å²) in [5.41, 5.74) is 0.583. The molecule has 1 aromatic carbocycles. The molecular weight excluding hydrogens is 405 g/mol. The van der Waals surface area contributed by atoms with Crippen LogP contribution in [0.2, 0.25) is 0 Å². The number of rotatable bonds is 2. The maximum Gasteiger partial charge on any atom is 0.407 e. The third-order valence-electron chi connectivity index (χ3n) is 4.61. The number of nitrogens with zero attached hydrogens (tertiary/aromatic N) is 1. The van der Waals surface area contributed by atoms with Crippen LogP contribution in [0.25, 0.3) is 0 Å². The van der Waals surface area contributed by atoms with Crippen LogP contribution in [-0.2, 0) is 0 Å². The summed E-state index contributed by atoms with van der Waals surface area (Å²) in [6, 6.07) is 2.18. The number of piperidine rings is 1. The van der Waals surface area contributed by atoms with Crippen LogP contribution in [0.15, 0.2) is 16.6 Å². The lowest BCUT2D eigenvalue weighted by atomic mass is 9.79. The lowest BCUT2D eigenvalue weighted by molar-refractivity contribution is 0.0501. The van der Waals surface area contributed by atoms with Gasteiger partial charge in [0.25, 0.3) is 0 Å². The maximum absolute atomic E-state index is 14.1. The van der Waals surface area contributed by atoms with E-state index < -0.39 is 17.9 Å². The number of urea groups is 1. The van der Waals surface area contributed by atoms with Gasteiger partial charge in [0.1, 0.15) is 5.82 Å². The van der Waals surface area contributed by atoms with Crippen LogP contribution in [-0.4, -0.2) is 40.8 Å². The summed E-state index contributed by atoms with van der Waals surface area (Å²) in [7, 11) is 0. The number of carbonyl (C=O) groups is 2. The molecule has 144 valence electrons. The smallest absolute Gasteiger partial charge is 0.407 e. The highest BCUT2D eigenvalue weighted by Crippen LogP contribution is 2.32. The van der Waals surface area contributed by atoms with Gasteiger partial charge in [-0.05, 0) is 58.8 Å². The van der Waals surface area contributed by atoms with Crippen LogP contribution in [0.5, 0.6) is 0 Å². The minimum absolute atomic E-state index is 0.0865. The third kappa shape index (κ3) is 4.87. The molecule has 1 aromatic rings. The number of halogens is 2. The molecule has 2 atom stereocenters. The lowest BCUT2D eigenvalue weighted by Gasteiger charge is -2.44. The normalized spacial score (nSPS) is 20.6. The summed E-state index contributed by atoms with van der Waals surface area (Å²) in [5.74, 6) is -0.514. The van der Waals surface area contributed by atoms with Crippen molar-refractivity contribution in [2.24, 2.45) is 5.41 Å². The van der Waals surface area contributed by atoms with Crippen LogP contribution in [0.1, 0.15) is 39.2 Å². The zero-order valence-electron chi connectivity index (χ0n) is 15.4. The fourth-order valence-electron chi connectivity index (χ4n) is 3.30. The first-order chi connectivity index (χ1) is 12.0. The fraction of sp³-hybridized carbons (Fsp3) is 0.556. The average molecular weight is 430 g/mol. The van der Waals surface area contributed by atoms with Crippen molar-refractivity contribution in [3.63, 3.8) is 0 Å². The molecule has 2 unspecified atom stereocenters. The predicted molar refractivity (Wildman–Crippen MR) is 102 cm³/mol. The van der Waals surface area contributed by atoms with Gasteiger partial charge in [-0.15, -0.1) is 0 Å². The molecule has 8 heteroatoms. The average Bonchev–Trinajstić information content (AvgIpc) is 2.49. The van der Waals surface area contributed by atoms with Crippen LogP contribution >= 0.6 is 15.9 Å². The van der Waals surface area contributed by atoms with Crippen molar-refractivity contribution in [1.82, 2.24) is 10.2 Å². The van der Waals surface area contributed by atoms with Gasteiger partial charge in [-0.25, -0.2) is 14.0 Å². The Morgan fingerprint density at radius 2 is 2.00 bits per heavy atom. The SMILES string of the molecule is Cc1cc(F)c(NC(=O)NC2CCN(C(=O)O)C(C(C)(C)C)C2)c(Br)c1. The number of anilines is 1. The minimum atomic E-state index is -0.946. The number of likely N-dealkylation sites (tertiary alicyclic amines) is 1. The molecule has 0 spiro atoms. The molecule has 0 radical (unpaired) electrons. The summed E-state index contributed by atoms with van der Waals surface area (Å²) in [6.07, 6.45) is 0.0865. The number of aryl methyl sites for hydroxylation is 1. The summed E-state index contributed by atoms with van der Waals surface area (Å²) < 4.78 is 14.5. The molecule has 1 heterocycles. The van der Waals surface area contributed by atoms with E-state index in [0.29, 0.717) is 23.9 Å². The zero-order valence-corrected chi connectivity index (χ0v) is 17.0. The second-order valence-electron chi connectivity index (χ2n) is 7.78. The summed E-state index contributed by atoms with van der Waals surface area (Å²) in [4.78, 5) is 25.2. The Morgan fingerprint density at radius 1 is 1.35 bits per heavy atom. The molecule has 3 N–H and O–H groups in total. The molecular formula is C18H25BrFN3O3. The van der Waals surface area contributed by atoms with Crippen LogP contribution in [0.3, 0.4) is 0 Å². The molecule has 0 aliphatic carbocycles. The van der Waals surface area contributed by atoms with Gasteiger partial charge in [-0.2, -0.15) is 0 Å². The molecule has 3 amide bonds. The van der Waals surface area contributed by atoms with Crippen molar-refractivity contribution in [2.45, 2.75) is 52.6 Å². The van der Waals surface area contributed by atoms with E-state index in [9.17, 15) is 19.1 Å². The Bertz CT molecular complexity index is 682. The van der Waals surface area contributed by atoms with Crippen LogP contribution in [0.4, 0.5) is 19.7 Å². The Labute approximate surface area is 161 Å². The van der Waals surface area contributed by atoms with Gasteiger partial charge in [0, 0.05) is 23.1 Å². The molecule has 6 nitrogen and oxygen atoms in total. The number of hydrogen-bond donors (Lipinski definition) is 3. The van der Waals surface area contributed by atoms with Gasteiger partial charge in [0.2, 0.25) is 0 Å². The lowest BCUT2D eigenvalue weighted by Crippen LogP contribution is -2.56. The first-order valence-corrected chi connectivity index (χ1v) is 9.31. The topological polar surface area (TPSA) is 81.7 Å². The van der Waals surface area contributed by atoms with E-state index in [0.717, 1.165) is 5.56 Å². The minimum Gasteiger partial charge on any atom is -0.465 e. The molecule has 1 aliphatic heterocycles. The molecule has 1 fully saturated rings. The van der Waals surface area contributed by atoms with Crippen molar-refractivity contribution in [1.29, 1.82) is 0 Å². The molecule has 0 bridgehead atoms. The van der Waals surface area contributed by atoms with Gasteiger partial charge in [-0.1, -0.05) is 20.8 Å². The molecule has 0 saturated carbocycles. The third-order valence-corrected chi connectivity index (χ3v) is 5.23. The maximum atomic E-state index is 14.1. The number of amides is 3. The number of carboxylic acid groups (broad SMARTS) is 1. The standard InChI is InChI=1S/C18H25BrFN3O3/c1-10-7-12(19)15(13(20)8-10)22-16(24)21-11-5-6-23(17(25)26)14(9-11)18(2,3)4/h7-8,11,14H,5-6,9H2,1-4H3,(H,25,26)(H2,21,22,24). The summed E-state index contributed by atoms with van der Waals surface area (Å²) in [6.45, 7) is 8.06. The van der Waals surface area contributed by atoms with E-state index in [1.54, 1.807) is 13.0 Å². The van der Waals surface area contributed by atoms with Crippen molar-refractivity contribution in [3.8, 4) is 0 Å². The van der Waals surface area contributed by atoms with Crippen molar-refractivity contribution in [2.75, 3.05) is 11.9 Å². The zero-order chi connectivity index (χ0) is 19.6. The van der Waals surface area contributed by atoms with Crippen molar-refractivity contribution < 1.29 is 19.1 Å². The van der Waals surface area contributed by atoms with E-state index in [2.05, 4.69) is 26.6 Å². The quantitative estimate of drug-likeness (QED) is 0.643. The fourth-order valence-corrected chi connectivity index (χ4v) is 3.95. The second kappa shape index (κ2) is 7.82. The van der Waals surface area contributed by atoms with Crippen LogP contribution < -0.4 is 10.6 Å². The molecule has 26 heavy (non-hydrogen) atoms. The van der Waals surface area contributed by atoms with Crippen molar-refractivity contribution in [3.05, 3.63) is 28.0 Å². The first-order valence-electron chi connectivity index (χ1n) is 8.51. The predicted octanol–water partition coefficient (Wildman–Crippen LogP) is 4.58. The first kappa shape index (κ1) is 20.5. The highest BCUT2D eigenvalue weighted by atomic mass is 79.9. The molecule has 1 saturated heterocycles. The number of carbonyl (C=O) groups excluding carboxylic acids is 1. The van der Waals surface area contributed by atoms with Crippen molar-refractivity contribution >= 4 is 33.7 Å².